The summed E-state index contributed by atoms with van der Waals surface area (Å²) in [6.45, 7) is 2.27. The molecule has 2 heterocycles. The van der Waals surface area contributed by atoms with Gasteiger partial charge in [0.25, 0.3) is 0 Å². The highest BCUT2D eigenvalue weighted by Gasteiger charge is 2.48. The highest BCUT2D eigenvalue weighted by atomic mass is 16.5. The van der Waals surface area contributed by atoms with E-state index in [9.17, 15) is 19.2 Å². The molecular formula is C27H28N2O5. The summed E-state index contributed by atoms with van der Waals surface area (Å²) < 4.78 is 5.54. The summed E-state index contributed by atoms with van der Waals surface area (Å²) in [7, 11) is 0. The van der Waals surface area contributed by atoms with Crippen molar-refractivity contribution < 1.29 is 23.9 Å². The zero-order valence-corrected chi connectivity index (χ0v) is 19.2. The summed E-state index contributed by atoms with van der Waals surface area (Å²) >= 11 is 0. The number of esters is 1. The predicted molar refractivity (Wildman–Crippen MR) is 125 cm³/mol. The van der Waals surface area contributed by atoms with Crippen molar-refractivity contribution >= 4 is 29.4 Å². The number of ether oxygens (including phenoxy) is 1. The van der Waals surface area contributed by atoms with Gasteiger partial charge in [0.05, 0.1) is 29.5 Å². The molecule has 0 spiro atoms. The number of imide groups is 1. The van der Waals surface area contributed by atoms with Crippen molar-refractivity contribution in [2.24, 2.45) is 17.8 Å². The van der Waals surface area contributed by atoms with Gasteiger partial charge < -0.3 is 9.64 Å². The topological polar surface area (TPSA) is 84.0 Å². The fourth-order valence-corrected chi connectivity index (χ4v) is 5.45. The van der Waals surface area contributed by atoms with Crippen molar-refractivity contribution in [1.82, 2.24) is 4.90 Å². The lowest BCUT2D eigenvalue weighted by Crippen LogP contribution is -2.31. The third-order valence-electron chi connectivity index (χ3n) is 7.40. The molecule has 2 saturated heterocycles. The molecule has 7 heteroatoms. The Morgan fingerprint density at radius 1 is 0.912 bits per heavy atom. The Morgan fingerprint density at radius 2 is 1.53 bits per heavy atom. The molecule has 2 aliphatic heterocycles. The van der Waals surface area contributed by atoms with E-state index in [1.165, 1.54) is 4.90 Å². The van der Waals surface area contributed by atoms with E-state index in [-0.39, 0.29) is 42.0 Å². The Morgan fingerprint density at radius 3 is 2.15 bits per heavy atom. The molecule has 1 aliphatic carbocycles. The maximum Gasteiger partial charge on any atom is 0.316 e. The van der Waals surface area contributed by atoms with Crippen LogP contribution in [0.5, 0.6) is 5.75 Å². The van der Waals surface area contributed by atoms with E-state index in [2.05, 4.69) is 0 Å². The summed E-state index contributed by atoms with van der Waals surface area (Å²) in [4.78, 5) is 53.9. The number of benzene rings is 2. The lowest BCUT2D eigenvalue weighted by Gasteiger charge is -2.25. The molecule has 34 heavy (non-hydrogen) atoms. The van der Waals surface area contributed by atoms with Crippen LogP contribution in [0.25, 0.3) is 0 Å². The van der Waals surface area contributed by atoms with Crippen LogP contribution in [0.4, 0.5) is 5.69 Å². The van der Waals surface area contributed by atoms with Crippen LogP contribution in [0.2, 0.25) is 0 Å². The highest BCUT2D eigenvalue weighted by molar-refractivity contribution is 6.22. The smallest absolute Gasteiger partial charge is 0.316 e. The largest absolute Gasteiger partial charge is 0.426 e. The van der Waals surface area contributed by atoms with Crippen LogP contribution in [-0.4, -0.2) is 35.1 Å². The lowest BCUT2D eigenvalue weighted by atomic mass is 9.81. The van der Waals surface area contributed by atoms with E-state index in [1.807, 2.05) is 37.3 Å². The molecule has 7 nitrogen and oxygen atoms in total. The summed E-state index contributed by atoms with van der Waals surface area (Å²) in [5.41, 5.74) is 1.52. The van der Waals surface area contributed by atoms with Gasteiger partial charge in [0.15, 0.2) is 0 Å². The number of nitrogens with zero attached hydrogens (tertiary/aromatic N) is 2. The van der Waals surface area contributed by atoms with Crippen molar-refractivity contribution in [2.45, 2.75) is 45.1 Å². The van der Waals surface area contributed by atoms with E-state index in [4.69, 9.17) is 4.74 Å². The number of amides is 3. The molecule has 0 bridgehead atoms. The molecule has 0 N–H and O–H groups in total. The standard InChI is InChI=1S/C27H28N2O5/c1-17(18-7-3-2-4-8-18)28-16-19(15-24(28)30)27(33)34-21-13-11-20(12-14-21)29-25(31)22-9-5-6-10-23(22)26(29)32/h2-4,7-8,11-14,17,19,22-23H,5-6,9-10,15-16H2,1H3/t17-,19-,22+,23+/m1/s1. The molecule has 4 atom stereocenters. The van der Waals surface area contributed by atoms with Gasteiger partial charge in [-0.1, -0.05) is 43.2 Å². The van der Waals surface area contributed by atoms with Crippen LogP contribution in [0.1, 0.15) is 50.6 Å². The monoisotopic (exact) mass is 460 g/mol. The minimum absolute atomic E-state index is 0.0684. The molecule has 5 rings (SSSR count). The van der Waals surface area contributed by atoms with Crippen LogP contribution in [0, 0.1) is 17.8 Å². The second-order valence-corrected chi connectivity index (χ2v) is 9.46. The van der Waals surface area contributed by atoms with E-state index >= 15 is 0 Å². The lowest BCUT2D eigenvalue weighted by molar-refractivity contribution is -0.139. The normalized spacial score (nSPS) is 25.4. The molecule has 1 saturated carbocycles. The number of carbonyl (C=O) groups is 4. The first-order valence-corrected chi connectivity index (χ1v) is 12.0. The molecule has 3 aliphatic rings. The first-order chi connectivity index (χ1) is 16.4. The van der Waals surface area contributed by atoms with Crippen molar-refractivity contribution in [3.63, 3.8) is 0 Å². The summed E-state index contributed by atoms with van der Waals surface area (Å²) in [5.74, 6) is -1.41. The van der Waals surface area contributed by atoms with Crippen LogP contribution in [0.3, 0.4) is 0 Å². The van der Waals surface area contributed by atoms with Crippen molar-refractivity contribution in [3.05, 3.63) is 60.2 Å². The minimum Gasteiger partial charge on any atom is -0.426 e. The number of hydrogen-bond donors (Lipinski definition) is 0. The van der Waals surface area contributed by atoms with Gasteiger partial charge in [-0.05, 0) is 49.6 Å². The van der Waals surface area contributed by atoms with Crippen molar-refractivity contribution in [1.29, 1.82) is 0 Å². The highest BCUT2D eigenvalue weighted by Crippen LogP contribution is 2.40. The number of fused-ring (bicyclic) bond motifs is 1. The maximum absolute atomic E-state index is 12.8. The van der Waals surface area contributed by atoms with Gasteiger partial charge in [0.2, 0.25) is 17.7 Å². The third kappa shape index (κ3) is 4.00. The maximum atomic E-state index is 12.8. The number of rotatable bonds is 5. The number of anilines is 1. The fraction of sp³-hybridized carbons (Fsp3) is 0.407. The predicted octanol–water partition coefficient (Wildman–Crippen LogP) is 3.88. The molecular weight excluding hydrogens is 432 g/mol. The van der Waals surface area contributed by atoms with Gasteiger partial charge in [0.1, 0.15) is 5.75 Å². The average Bonchev–Trinajstić information content (AvgIpc) is 3.37. The Labute approximate surface area is 198 Å². The van der Waals surface area contributed by atoms with Gasteiger partial charge >= 0.3 is 5.97 Å². The van der Waals surface area contributed by atoms with Gasteiger partial charge in [-0.15, -0.1) is 0 Å². The number of likely N-dealkylation sites (tertiary alicyclic amines) is 1. The molecule has 176 valence electrons. The average molecular weight is 461 g/mol. The van der Waals surface area contributed by atoms with Gasteiger partial charge in [-0.2, -0.15) is 0 Å². The van der Waals surface area contributed by atoms with Crippen LogP contribution in [0.15, 0.2) is 54.6 Å². The molecule has 0 aromatic heterocycles. The summed E-state index contributed by atoms with van der Waals surface area (Å²) in [5, 5.41) is 0. The molecule has 3 fully saturated rings. The third-order valence-corrected chi connectivity index (χ3v) is 7.40. The van der Waals surface area contributed by atoms with Crippen LogP contribution in [-0.2, 0) is 19.2 Å². The quantitative estimate of drug-likeness (QED) is 0.384. The van der Waals surface area contributed by atoms with Crippen LogP contribution < -0.4 is 9.64 Å². The molecule has 0 radical (unpaired) electrons. The molecule has 0 unspecified atom stereocenters. The Kier molecular flexibility index (Phi) is 5.94. The van der Waals surface area contributed by atoms with Gasteiger partial charge in [-0.25, -0.2) is 0 Å². The second-order valence-electron chi connectivity index (χ2n) is 9.46. The number of carbonyl (C=O) groups excluding carboxylic acids is 4. The first-order valence-electron chi connectivity index (χ1n) is 12.0. The number of hydrogen-bond acceptors (Lipinski definition) is 5. The van der Waals surface area contributed by atoms with Gasteiger partial charge in [0, 0.05) is 13.0 Å². The Balaban J connectivity index is 1.22. The first kappa shape index (κ1) is 22.3. The van der Waals surface area contributed by atoms with Crippen LogP contribution >= 0.6 is 0 Å². The molecule has 2 aromatic carbocycles. The van der Waals surface area contributed by atoms with Gasteiger partial charge in [-0.3, -0.25) is 24.1 Å². The van der Waals surface area contributed by atoms with E-state index in [0.717, 1.165) is 31.2 Å². The zero-order valence-electron chi connectivity index (χ0n) is 19.2. The Bertz CT molecular complexity index is 1090. The SMILES string of the molecule is C[C@H](c1ccccc1)N1C[C@H](C(=O)Oc2ccc(N3C(=O)[C@H]4CCCC[C@@H]4C3=O)cc2)CC1=O. The minimum atomic E-state index is -0.539. The second kappa shape index (κ2) is 9.05. The Hall–Kier alpha value is -3.48. The summed E-state index contributed by atoms with van der Waals surface area (Å²) in [6.07, 6.45) is 3.61. The van der Waals surface area contributed by atoms with Crippen molar-refractivity contribution in [3.8, 4) is 5.75 Å². The fourth-order valence-electron chi connectivity index (χ4n) is 5.45. The van der Waals surface area contributed by atoms with E-state index < -0.39 is 11.9 Å². The van der Waals surface area contributed by atoms with Crippen molar-refractivity contribution in [2.75, 3.05) is 11.4 Å². The molecule has 3 amide bonds. The van der Waals surface area contributed by atoms with E-state index in [1.54, 1.807) is 29.2 Å². The summed E-state index contributed by atoms with van der Waals surface area (Å²) in [6, 6.07) is 16.1. The van der Waals surface area contributed by atoms with E-state index in [0.29, 0.717) is 18.0 Å². The molecule has 2 aromatic rings. The zero-order chi connectivity index (χ0) is 23.8.